The lowest BCUT2D eigenvalue weighted by atomic mass is 9.80. The molecule has 0 saturated carbocycles. The lowest BCUT2D eigenvalue weighted by Gasteiger charge is -2.42. The van der Waals surface area contributed by atoms with Gasteiger partial charge in [-0.3, -0.25) is 4.90 Å². The minimum absolute atomic E-state index is 0.198. The Morgan fingerprint density at radius 3 is 2.00 bits per heavy atom. The molecule has 0 aliphatic heterocycles. The minimum Gasteiger partial charge on any atom is -0.297 e. The van der Waals surface area contributed by atoms with E-state index < -0.39 is 0 Å². The van der Waals surface area contributed by atoms with Gasteiger partial charge < -0.3 is 0 Å². The molecule has 1 heteroatoms. The molecule has 0 rings (SSSR count). The Kier molecular flexibility index (Phi) is 10.3. The molecule has 0 spiro atoms. The standard InChI is InChI=1S/C19H39N/c1-8-11-12-13-14-15-16-18(19(6,7)9-2)20(10-3)17(4)5/h9,17-18H,2,8,10-16H2,1,3-7H3. The Labute approximate surface area is 128 Å². The van der Waals surface area contributed by atoms with Gasteiger partial charge in [-0.05, 0) is 32.2 Å². The van der Waals surface area contributed by atoms with E-state index in [4.69, 9.17) is 0 Å². The molecule has 0 aliphatic rings. The molecule has 0 heterocycles. The first kappa shape index (κ1) is 19.7. The highest BCUT2D eigenvalue weighted by Crippen LogP contribution is 2.31. The second-order valence-electron chi connectivity index (χ2n) is 7.02. The average Bonchev–Trinajstić information content (AvgIpc) is 2.40. The summed E-state index contributed by atoms with van der Waals surface area (Å²) in [6.45, 7) is 19.1. The van der Waals surface area contributed by atoms with Crippen LogP contribution < -0.4 is 0 Å². The van der Waals surface area contributed by atoms with Crippen LogP contribution in [-0.2, 0) is 0 Å². The van der Waals surface area contributed by atoms with Crippen LogP contribution in [0.4, 0.5) is 0 Å². The highest BCUT2D eigenvalue weighted by atomic mass is 15.2. The second kappa shape index (κ2) is 10.4. The molecule has 0 aromatic carbocycles. The number of nitrogens with zero attached hydrogens (tertiary/aromatic N) is 1. The zero-order chi connectivity index (χ0) is 15.6. The summed E-state index contributed by atoms with van der Waals surface area (Å²) < 4.78 is 0. The number of unbranched alkanes of at least 4 members (excludes halogenated alkanes) is 5. The molecule has 0 N–H and O–H groups in total. The smallest absolute Gasteiger partial charge is 0.0183 e. The van der Waals surface area contributed by atoms with Crippen LogP contribution in [0.3, 0.4) is 0 Å². The van der Waals surface area contributed by atoms with Crippen molar-refractivity contribution in [3.63, 3.8) is 0 Å². The lowest BCUT2D eigenvalue weighted by Crippen LogP contribution is -2.47. The molecule has 120 valence electrons. The fourth-order valence-electron chi connectivity index (χ4n) is 3.16. The first-order valence-electron chi connectivity index (χ1n) is 8.80. The predicted octanol–water partition coefficient (Wildman–Crippen LogP) is 6.05. The molecule has 20 heavy (non-hydrogen) atoms. The van der Waals surface area contributed by atoms with Crippen molar-refractivity contribution in [2.24, 2.45) is 5.41 Å². The van der Waals surface area contributed by atoms with E-state index in [0.29, 0.717) is 12.1 Å². The first-order valence-corrected chi connectivity index (χ1v) is 8.80. The maximum absolute atomic E-state index is 4.07. The normalized spacial score (nSPS) is 14.0. The maximum Gasteiger partial charge on any atom is 0.0183 e. The van der Waals surface area contributed by atoms with Gasteiger partial charge in [-0.2, -0.15) is 0 Å². The zero-order valence-electron chi connectivity index (χ0n) is 15.0. The van der Waals surface area contributed by atoms with Crippen molar-refractivity contribution < 1.29 is 0 Å². The molecule has 0 radical (unpaired) electrons. The van der Waals surface area contributed by atoms with Crippen LogP contribution >= 0.6 is 0 Å². The molecule has 0 aromatic rings. The van der Waals surface area contributed by atoms with Crippen LogP contribution in [0, 0.1) is 5.41 Å². The zero-order valence-corrected chi connectivity index (χ0v) is 15.0. The van der Waals surface area contributed by atoms with Crippen molar-refractivity contribution in [1.82, 2.24) is 4.90 Å². The summed E-state index contributed by atoms with van der Waals surface area (Å²) in [4.78, 5) is 2.65. The van der Waals surface area contributed by atoms with E-state index in [1.54, 1.807) is 0 Å². The van der Waals surface area contributed by atoms with Crippen molar-refractivity contribution in [3.05, 3.63) is 12.7 Å². The molecule has 0 bridgehead atoms. The van der Waals surface area contributed by atoms with E-state index in [9.17, 15) is 0 Å². The highest BCUT2D eigenvalue weighted by Gasteiger charge is 2.31. The van der Waals surface area contributed by atoms with E-state index in [1.807, 2.05) is 0 Å². The first-order chi connectivity index (χ1) is 9.40. The summed E-state index contributed by atoms with van der Waals surface area (Å²) in [7, 11) is 0. The van der Waals surface area contributed by atoms with Gasteiger partial charge in [-0.1, -0.05) is 72.3 Å². The van der Waals surface area contributed by atoms with Crippen molar-refractivity contribution in [2.45, 2.75) is 98.6 Å². The SMILES string of the molecule is C=CC(C)(C)C(CCCCCCCC)N(CC)C(C)C. The van der Waals surface area contributed by atoms with Gasteiger partial charge in [0.25, 0.3) is 0 Å². The van der Waals surface area contributed by atoms with Gasteiger partial charge in [0, 0.05) is 12.1 Å². The largest absolute Gasteiger partial charge is 0.297 e. The monoisotopic (exact) mass is 281 g/mol. The second-order valence-corrected chi connectivity index (χ2v) is 7.02. The van der Waals surface area contributed by atoms with Crippen molar-refractivity contribution in [3.8, 4) is 0 Å². The van der Waals surface area contributed by atoms with E-state index in [1.165, 1.54) is 44.9 Å². The Bertz CT molecular complexity index is 242. The van der Waals surface area contributed by atoms with E-state index in [0.717, 1.165) is 6.54 Å². The summed E-state index contributed by atoms with van der Waals surface area (Å²) in [5.74, 6) is 0. The van der Waals surface area contributed by atoms with Gasteiger partial charge >= 0.3 is 0 Å². The van der Waals surface area contributed by atoms with Gasteiger partial charge in [0.15, 0.2) is 0 Å². The van der Waals surface area contributed by atoms with Crippen LogP contribution in [0.1, 0.15) is 86.5 Å². The van der Waals surface area contributed by atoms with E-state index in [-0.39, 0.29) is 5.41 Å². The summed E-state index contributed by atoms with van der Waals surface area (Å²) in [5.41, 5.74) is 0.198. The van der Waals surface area contributed by atoms with Gasteiger partial charge in [0.2, 0.25) is 0 Å². The van der Waals surface area contributed by atoms with Crippen LogP contribution in [-0.4, -0.2) is 23.5 Å². The molecule has 0 saturated heterocycles. The fourth-order valence-corrected chi connectivity index (χ4v) is 3.16. The van der Waals surface area contributed by atoms with Crippen molar-refractivity contribution in [1.29, 1.82) is 0 Å². The van der Waals surface area contributed by atoms with E-state index in [2.05, 4.69) is 59.1 Å². The maximum atomic E-state index is 4.07. The molecule has 1 nitrogen and oxygen atoms in total. The molecular weight excluding hydrogens is 242 g/mol. The number of hydrogen-bond acceptors (Lipinski definition) is 1. The minimum atomic E-state index is 0.198. The Balaban J connectivity index is 4.44. The quantitative estimate of drug-likeness (QED) is 0.311. The Hall–Kier alpha value is -0.300. The van der Waals surface area contributed by atoms with Crippen LogP contribution in [0.15, 0.2) is 12.7 Å². The number of rotatable bonds is 12. The van der Waals surface area contributed by atoms with Crippen molar-refractivity contribution >= 4 is 0 Å². The highest BCUT2D eigenvalue weighted by molar-refractivity contribution is 4.98. The third-order valence-corrected chi connectivity index (χ3v) is 4.64. The molecule has 0 amide bonds. The number of hydrogen-bond donors (Lipinski definition) is 0. The predicted molar refractivity (Wildman–Crippen MR) is 93.3 cm³/mol. The molecule has 1 unspecified atom stereocenters. The van der Waals surface area contributed by atoms with Gasteiger partial charge in [-0.15, -0.1) is 6.58 Å². The molecular formula is C19H39N. The molecule has 1 atom stereocenters. The topological polar surface area (TPSA) is 3.24 Å². The molecule has 0 aromatic heterocycles. The summed E-state index contributed by atoms with van der Waals surface area (Å²) in [6.07, 6.45) is 11.7. The van der Waals surface area contributed by atoms with Crippen LogP contribution in [0.25, 0.3) is 0 Å². The third kappa shape index (κ3) is 6.92. The fraction of sp³-hybridized carbons (Fsp3) is 0.895. The summed E-state index contributed by atoms with van der Waals surface area (Å²) in [5, 5.41) is 0. The lowest BCUT2D eigenvalue weighted by molar-refractivity contribution is 0.0823. The van der Waals surface area contributed by atoms with Crippen LogP contribution in [0.2, 0.25) is 0 Å². The summed E-state index contributed by atoms with van der Waals surface area (Å²) >= 11 is 0. The molecule has 0 aliphatic carbocycles. The Morgan fingerprint density at radius 1 is 1.00 bits per heavy atom. The van der Waals surface area contributed by atoms with Gasteiger partial charge in [0.1, 0.15) is 0 Å². The van der Waals surface area contributed by atoms with Crippen molar-refractivity contribution in [2.75, 3.05) is 6.54 Å². The van der Waals surface area contributed by atoms with Gasteiger partial charge in [0.05, 0.1) is 0 Å². The summed E-state index contributed by atoms with van der Waals surface area (Å²) in [6, 6.07) is 1.24. The third-order valence-electron chi connectivity index (χ3n) is 4.64. The molecule has 0 fully saturated rings. The Morgan fingerprint density at radius 2 is 1.55 bits per heavy atom. The van der Waals surface area contributed by atoms with Crippen LogP contribution in [0.5, 0.6) is 0 Å². The van der Waals surface area contributed by atoms with Gasteiger partial charge in [-0.25, -0.2) is 0 Å². The average molecular weight is 282 g/mol. The van der Waals surface area contributed by atoms with E-state index >= 15 is 0 Å².